The second kappa shape index (κ2) is 9.51. The third-order valence-corrected chi connectivity index (χ3v) is 4.23. The molecule has 25 heavy (non-hydrogen) atoms. The Hall–Kier alpha value is -1.95. The summed E-state index contributed by atoms with van der Waals surface area (Å²) >= 11 is 5.98. The number of ether oxygens (including phenoxy) is 1. The van der Waals surface area contributed by atoms with Gasteiger partial charge < -0.3 is 19.9 Å². The molecule has 1 aromatic rings. The standard InChI is InChI=1S/C18H27ClN4O2/c1-4-20-18(23-10-8-22(9-11-23)15(3)24)21-13-14(2)25-17-7-5-6-16(19)12-17/h5-7,12,14H,4,8-11,13H2,1-3H3,(H,20,21). The topological polar surface area (TPSA) is 57.2 Å². The predicted molar refractivity (Wildman–Crippen MR) is 101 cm³/mol. The van der Waals surface area contributed by atoms with E-state index in [4.69, 9.17) is 21.3 Å². The SMILES string of the molecule is CCNC(=NCC(C)Oc1cccc(Cl)c1)N1CCN(C(C)=O)CC1. The van der Waals surface area contributed by atoms with Crippen LogP contribution in [0.25, 0.3) is 0 Å². The Morgan fingerprint density at radius 2 is 2.00 bits per heavy atom. The number of hydrogen-bond donors (Lipinski definition) is 1. The second-order valence-corrected chi connectivity index (χ2v) is 6.51. The van der Waals surface area contributed by atoms with Crippen LogP contribution in [0, 0.1) is 0 Å². The van der Waals surface area contributed by atoms with Gasteiger partial charge in [-0.2, -0.15) is 0 Å². The average molecular weight is 367 g/mol. The minimum absolute atomic E-state index is 0.0642. The number of aliphatic imine (C=N–C) groups is 1. The Kier molecular flexibility index (Phi) is 7.37. The summed E-state index contributed by atoms with van der Waals surface area (Å²) in [7, 11) is 0. The van der Waals surface area contributed by atoms with E-state index in [0.717, 1.165) is 44.4 Å². The average Bonchev–Trinajstić information content (AvgIpc) is 2.58. The lowest BCUT2D eigenvalue weighted by Crippen LogP contribution is -2.53. The lowest BCUT2D eigenvalue weighted by atomic mass is 10.3. The lowest BCUT2D eigenvalue weighted by molar-refractivity contribution is -0.130. The van der Waals surface area contributed by atoms with E-state index in [2.05, 4.69) is 10.2 Å². The number of carbonyl (C=O) groups excluding carboxylic acids is 1. The molecular weight excluding hydrogens is 340 g/mol. The summed E-state index contributed by atoms with van der Waals surface area (Å²) in [4.78, 5) is 20.2. The highest BCUT2D eigenvalue weighted by Crippen LogP contribution is 2.18. The number of rotatable bonds is 5. The molecule has 6 nitrogen and oxygen atoms in total. The Morgan fingerprint density at radius 3 is 2.60 bits per heavy atom. The fourth-order valence-electron chi connectivity index (χ4n) is 2.68. The summed E-state index contributed by atoms with van der Waals surface area (Å²) in [5.41, 5.74) is 0. The third-order valence-electron chi connectivity index (χ3n) is 3.99. The van der Waals surface area contributed by atoms with Gasteiger partial charge in [-0.05, 0) is 32.0 Å². The quantitative estimate of drug-likeness (QED) is 0.641. The summed E-state index contributed by atoms with van der Waals surface area (Å²) in [6.45, 7) is 10.0. The Bertz CT molecular complexity index is 600. The smallest absolute Gasteiger partial charge is 0.219 e. The van der Waals surface area contributed by atoms with E-state index in [1.54, 1.807) is 13.0 Å². The molecule has 1 saturated heterocycles. The molecular formula is C18H27ClN4O2. The first kappa shape index (κ1) is 19.4. The molecule has 2 rings (SSSR count). The van der Waals surface area contributed by atoms with Crippen molar-refractivity contribution in [3.05, 3.63) is 29.3 Å². The highest BCUT2D eigenvalue weighted by molar-refractivity contribution is 6.30. The number of benzene rings is 1. The van der Waals surface area contributed by atoms with E-state index in [9.17, 15) is 4.79 Å². The fraction of sp³-hybridized carbons (Fsp3) is 0.556. The number of nitrogens with one attached hydrogen (secondary N) is 1. The van der Waals surface area contributed by atoms with Gasteiger partial charge in [-0.15, -0.1) is 0 Å². The molecule has 1 N–H and O–H groups in total. The summed E-state index contributed by atoms with van der Waals surface area (Å²) < 4.78 is 5.87. The van der Waals surface area contributed by atoms with E-state index < -0.39 is 0 Å². The number of guanidine groups is 1. The number of hydrogen-bond acceptors (Lipinski definition) is 3. The second-order valence-electron chi connectivity index (χ2n) is 6.07. The number of carbonyl (C=O) groups is 1. The maximum absolute atomic E-state index is 11.4. The molecule has 138 valence electrons. The molecule has 7 heteroatoms. The molecule has 0 saturated carbocycles. The zero-order chi connectivity index (χ0) is 18.2. The molecule has 0 bridgehead atoms. The van der Waals surface area contributed by atoms with Crippen molar-refractivity contribution in [1.29, 1.82) is 0 Å². The van der Waals surface area contributed by atoms with Gasteiger partial charge in [0.25, 0.3) is 0 Å². The van der Waals surface area contributed by atoms with Crippen LogP contribution in [0.4, 0.5) is 0 Å². The molecule has 1 fully saturated rings. The predicted octanol–water partition coefficient (Wildman–Crippen LogP) is 2.24. The first-order valence-corrected chi connectivity index (χ1v) is 9.08. The van der Waals surface area contributed by atoms with Crippen molar-refractivity contribution in [3.8, 4) is 5.75 Å². The largest absolute Gasteiger partial charge is 0.489 e. The highest BCUT2D eigenvalue weighted by Gasteiger charge is 2.21. The molecule has 1 aromatic carbocycles. The van der Waals surface area contributed by atoms with Crippen LogP contribution in [-0.2, 0) is 4.79 Å². The zero-order valence-electron chi connectivity index (χ0n) is 15.2. The molecule has 0 aromatic heterocycles. The molecule has 1 aliphatic heterocycles. The van der Waals surface area contributed by atoms with Gasteiger partial charge >= 0.3 is 0 Å². The van der Waals surface area contributed by atoms with Gasteiger partial charge in [0, 0.05) is 44.7 Å². The number of nitrogens with zero attached hydrogens (tertiary/aromatic N) is 3. The van der Waals surface area contributed by atoms with Crippen molar-refractivity contribution in [2.45, 2.75) is 26.9 Å². The molecule has 1 heterocycles. The van der Waals surface area contributed by atoms with Gasteiger partial charge in [0.1, 0.15) is 11.9 Å². The van der Waals surface area contributed by atoms with Crippen molar-refractivity contribution >= 4 is 23.5 Å². The lowest BCUT2D eigenvalue weighted by Gasteiger charge is -2.36. The van der Waals surface area contributed by atoms with Crippen molar-refractivity contribution in [2.75, 3.05) is 39.3 Å². The van der Waals surface area contributed by atoms with Crippen LogP contribution < -0.4 is 10.1 Å². The summed E-state index contributed by atoms with van der Waals surface area (Å²) in [5.74, 6) is 1.74. The van der Waals surface area contributed by atoms with Crippen molar-refractivity contribution in [3.63, 3.8) is 0 Å². The number of amides is 1. The van der Waals surface area contributed by atoms with Gasteiger partial charge in [-0.1, -0.05) is 17.7 Å². The summed E-state index contributed by atoms with van der Waals surface area (Å²) in [5, 5.41) is 3.98. The highest BCUT2D eigenvalue weighted by atomic mass is 35.5. The molecule has 1 unspecified atom stereocenters. The monoisotopic (exact) mass is 366 g/mol. The Balaban J connectivity index is 1.91. The summed E-state index contributed by atoms with van der Waals surface area (Å²) in [6, 6.07) is 7.37. The van der Waals surface area contributed by atoms with Gasteiger partial charge in [0.15, 0.2) is 5.96 Å². The van der Waals surface area contributed by atoms with Gasteiger partial charge in [0.2, 0.25) is 5.91 Å². The molecule has 1 amide bonds. The van der Waals surface area contributed by atoms with Crippen LogP contribution in [-0.4, -0.2) is 67.0 Å². The maximum Gasteiger partial charge on any atom is 0.219 e. The van der Waals surface area contributed by atoms with Gasteiger partial charge in [-0.25, -0.2) is 4.99 Å². The van der Waals surface area contributed by atoms with Crippen molar-refractivity contribution < 1.29 is 9.53 Å². The van der Waals surface area contributed by atoms with E-state index >= 15 is 0 Å². The van der Waals surface area contributed by atoms with Gasteiger partial charge in [-0.3, -0.25) is 4.79 Å². The molecule has 0 spiro atoms. The van der Waals surface area contributed by atoms with Crippen LogP contribution in [0.15, 0.2) is 29.3 Å². The van der Waals surface area contributed by atoms with Crippen LogP contribution in [0.5, 0.6) is 5.75 Å². The first-order valence-electron chi connectivity index (χ1n) is 8.70. The number of halogens is 1. The van der Waals surface area contributed by atoms with E-state index in [-0.39, 0.29) is 12.0 Å². The molecule has 0 radical (unpaired) electrons. The molecule has 1 atom stereocenters. The van der Waals surface area contributed by atoms with E-state index in [1.807, 2.05) is 36.9 Å². The fourth-order valence-corrected chi connectivity index (χ4v) is 2.86. The van der Waals surface area contributed by atoms with Crippen molar-refractivity contribution in [2.24, 2.45) is 4.99 Å². The third kappa shape index (κ3) is 6.12. The van der Waals surface area contributed by atoms with Crippen LogP contribution in [0.2, 0.25) is 5.02 Å². The summed E-state index contributed by atoms with van der Waals surface area (Å²) in [6.07, 6.45) is -0.0642. The molecule has 0 aliphatic carbocycles. The zero-order valence-corrected chi connectivity index (χ0v) is 15.9. The Morgan fingerprint density at radius 1 is 1.32 bits per heavy atom. The number of piperazine rings is 1. The van der Waals surface area contributed by atoms with E-state index in [0.29, 0.717) is 11.6 Å². The van der Waals surface area contributed by atoms with Crippen LogP contribution in [0.3, 0.4) is 0 Å². The van der Waals surface area contributed by atoms with Gasteiger partial charge in [0.05, 0.1) is 6.54 Å². The Labute approximate surface area is 154 Å². The van der Waals surface area contributed by atoms with Crippen LogP contribution in [0.1, 0.15) is 20.8 Å². The van der Waals surface area contributed by atoms with E-state index in [1.165, 1.54) is 0 Å². The van der Waals surface area contributed by atoms with Crippen LogP contribution >= 0.6 is 11.6 Å². The maximum atomic E-state index is 11.4. The first-order chi connectivity index (χ1) is 12.0. The molecule has 1 aliphatic rings. The minimum atomic E-state index is -0.0642. The normalized spacial score (nSPS) is 16.6. The minimum Gasteiger partial charge on any atom is -0.489 e. The van der Waals surface area contributed by atoms with Crippen molar-refractivity contribution in [1.82, 2.24) is 15.1 Å².